The van der Waals surface area contributed by atoms with Gasteiger partial charge < -0.3 is 9.64 Å². The standard InChI is InChI=1S/C15H16N2O3/c1-20-15(19)13-10-12(13)14(18)17(9-5-8-16)11-6-3-2-4-7-11/h2-4,6-7,12-13H,5,9-10H2,1H3/t12-,13-/m1/s1. The van der Waals surface area contributed by atoms with Crippen LogP contribution in [0.2, 0.25) is 0 Å². The van der Waals surface area contributed by atoms with Crippen molar-refractivity contribution >= 4 is 17.6 Å². The Morgan fingerprint density at radius 3 is 2.65 bits per heavy atom. The van der Waals surface area contributed by atoms with E-state index in [0.29, 0.717) is 13.0 Å². The van der Waals surface area contributed by atoms with Gasteiger partial charge in [0.1, 0.15) is 0 Å². The van der Waals surface area contributed by atoms with E-state index in [-0.39, 0.29) is 30.1 Å². The van der Waals surface area contributed by atoms with Crippen molar-refractivity contribution in [3.63, 3.8) is 0 Å². The number of benzene rings is 1. The van der Waals surface area contributed by atoms with Crippen LogP contribution in [0.3, 0.4) is 0 Å². The second kappa shape index (κ2) is 6.20. The first-order chi connectivity index (χ1) is 9.69. The zero-order valence-electron chi connectivity index (χ0n) is 11.3. The third-order valence-corrected chi connectivity index (χ3v) is 3.39. The molecule has 0 aliphatic heterocycles. The summed E-state index contributed by atoms with van der Waals surface area (Å²) in [6.45, 7) is 0.337. The van der Waals surface area contributed by atoms with Crippen LogP contribution in [-0.2, 0) is 14.3 Å². The molecule has 0 saturated heterocycles. The number of nitrogens with zero attached hydrogens (tertiary/aromatic N) is 2. The van der Waals surface area contributed by atoms with Gasteiger partial charge in [0.05, 0.1) is 31.4 Å². The van der Waals surface area contributed by atoms with Crippen molar-refractivity contribution in [2.75, 3.05) is 18.6 Å². The minimum atomic E-state index is -0.336. The van der Waals surface area contributed by atoms with Gasteiger partial charge in [-0.25, -0.2) is 0 Å². The number of amides is 1. The van der Waals surface area contributed by atoms with Gasteiger partial charge in [-0.2, -0.15) is 5.26 Å². The van der Waals surface area contributed by atoms with E-state index in [1.54, 1.807) is 4.90 Å². The molecule has 0 bridgehead atoms. The van der Waals surface area contributed by atoms with E-state index >= 15 is 0 Å². The summed E-state index contributed by atoms with van der Waals surface area (Å²) in [7, 11) is 1.33. The molecule has 1 aliphatic rings. The molecule has 2 atom stereocenters. The number of hydrogen-bond donors (Lipinski definition) is 0. The summed E-state index contributed by atoms with van der Waals surface area (Å²) in [4.78, 5) is 25.4. The second-order valence-corrected chi connectivity index (χ2v) is 4.71. The zero-order chi connectivity index (χ0) is 14.5. The number of hydrogen-bond acceptors (Lipinski definition) is 4. The molecular formula is C15H16N2O3. The Morgan fingerprint density at radius 1 is 1.35 bits per heavy atom. The molecule has 104 valence electrons. The monoisotopic (exact) mass is 272 g/mol. The largest absolute Gasteiger partial charge is 0.469 e. The van der Waals surface area contributed by atoms with Crippen molar-refractivity contribution in [2.45, 2.75) is 12.8 Å². The van der Waals surface area contributed by atoms with Crippen LogP contribution >= 0.6 is 0 Å². The molecule has 1 fully saturated rings. The minimum absolute atomic E-state index is 0.109. The quantitative estimate of drug-likeness (QED) is 0.765. The molecule has 0 heterocycles. The Hall–Kier alpha value is -2.35. The Morgan fingerprint density at radius 2 is 2.05 bits per heavy atom. The van der Waals surface area contributed by atoms with Gasteiger partial charge in [-0.15, -0.1) is 0 Å². The van der Waals surface area contributed by atoms with Gasteiger partial charge in [0, 0.05) is 12.2 Å². The first-order valence-electron chi connectivity index (χ1n) is 6.50. The number of carbonyl (C=O) groups is 2. The molecule has 0 aromatic heterocycles. The predicted molar refractivity (Wildman–Crippen MR) is 72.6 cm³/mol. The highest BCUT2D eigenvalue weighted by Gasteiger charge is 2.50. The maximum atomic E-state index is 12.5. The van der Waals surface area contributed by atoms with E-state index in [9.17, 15) is 9.59 Å². The van der Waals surface area contributed by atoms with Crippen LogP contribution in [0.15, 0.2) is 30.3 Å². The normalized spacial score (nSPS) is 19.8. The van der Waals surface area contributed by atoms with Gasteiger partial charge in [0.25, 0.3) is 0 Å². The lowest BCUT2D eigenvalue weighted by Crippen LogP contribution is -2.34. The molecule has 0 N–H and O–H groups in total. The third kappa shape index (κ3) is 2.97. The summed E-state index contributed by atoms with van der Waals surface area (Å²) in [6.07, 6.45) is 0.789. The number of esters is 1. The first kappa shape index (κ1) is 14.1. The Bertz CT molecular complexity index is 536. The molecule has 20 heavy (non-hydrogen) atoms. The number of methoxy groups -OCH3 is 1. The van der Waals surface area contributed by atoms with E-state index in [2.05, 4.69) is 4.74 Å². The van der Waals surface area contributed by atoms with Gasteiger partial charge in [0.2, 0.25) is 5.91 Å². The SMILES string of the molecule is COC(=O)[C@@H]1C[C@H]1C(=O)N(CCC#N)c1ccccc1. The van der Waals surface area contributed by atoms with Crippen LogP contribution in [0.25, 0.3) is 0 Å². The van der Waals surface area contributed by atoms with Gasteiger partial charge in [-0.3, -0.25) is 9.59 Å². The molecule has 1 saturated carbocycles. The average molecular weight is 272 g/mol. The van der Waals surface area contributed by atoms with Crippen molar-refractivity contribution in [2.24, 2.45) is 11.8 Å². The summed E-state index contributed by atoms with van der Waals surface area (Å²) in [6, 6.07) is 11.2. The summed E-state index contributed by atoms with van der Waals surface area (Å²) in [5.41, 5.74) is 0.753. The lowest BCUT2D eigenvalue weighted by atomic mass is 10.2. The maximum Gasteiger partial charge on any atom is 0.309 e. The molecule has 5 nitrogen and oxygen atoms in total. The fraction of sp³-hybridized carbons (Fsp3) is 0.400. The van der Waals surface area contributed by atoms with E-state index in [1.165, 1.54) is 7.11 Å². The molecular weight excluding hydrogens is 256 g/mol. The number of anilines is 1. The Balaban J connectivity index is 2.10. The van der Waals surface area contributed by atoms with Gasteiger partial charge >= 0.3 is 5.97 Å². The van der Waals surface area contributed by atoms with Crippen LogP contribution in [0.4, 0.5) is 5.69 Å². The summed E-state index contributed by atoms with van der Waals surface area (Å²) in [5.74, 6) is -1.10. The highest BCUT2D eigenvalue weighted by atomic mass is 16.5. The minimum Gasteiger partial charge on any atom is -0.469 e. The topological polar surface area (TPSA) is 70.4 Å². The van der Waals surface area contributed by atoms with Crippen molar-refractivity contribution in [3.8, 4) is 6.07 Å². The smallest absolute Gasteiger partial charge is 0.309 e. The molecule has 1 aromatic rings. The van der Waals surface area contributed by atoms with Gasteiger partial charge in [0.15, 0.2) is 0 Å². The van der Waals surface area contributed by atoms with Crippen molar-refractivity contribution in [1.29, 1.82) is 5.26 Å². The number of ether oxygens (including phenoxy) is 1. The molecule has 1 amide bonds. The van der Waals surface area contributed by atoms with Crippen molar-refractivity contribution < 1.29 is 14.3 Å². The Labute approximate surface area is 117 Å². The van der Waals surface area contributed by atoms with Crippen LogP contribution in [0.1, 0.15) is 12.8 Å². The molecule has 2 rings (SSSR count). The van der Waals surface area contributed by atoms with E-state index < -0.39 is 0 Å². The van der Waals surface area contributed by atoms with Gasteiger partial charge in [-0.05, 0) is 18.6 Å². The Kier molecular flexibility index (Phi) is 4.36. The molecule has 1 aliphatic carbocycles. The summed E-state index contributed by atoms with van der Waals surface area (Å²) in [5, 5.41) is 8.71. The number of para-hydroxylation sites is 1. The second-order valence-electron chi connectivity index (χ2n) is 4.71. The molecule has 0 unspecified atom stereocenters. The van der Waals surface area contributed by atoms with E-state index in [1.807, 2.05) is 36.4 Å². The molecule has 0 spiro atoms. The van der Waals surface area contributed by atoms with Crippen molar-refractivity contribution in [1.82, 2.24) is 0 Å². The lowest BCUT2D eigenvalue weighted by molar-refractivity contribution is -0.143. The number of carbonyl (C=O) groups excluding carboxylic acids is 2. The first-order valence-corrected chi connectivity index (χ1v) is 6.50. The molecule has 1 aromatic carbocycles. The van der Waals surface area contributed by atoms with Gasteiger partial charge in [-0.1, -0.05) is 18.2 Å². The fourth-order valence-corrected chi connectivity index (χ4v) is 2.22. The highest BCUT2D eigenvalue weighted by molar-refractivity contribution is 6.00. The van der Waals surface area contributed by atoms with Crippen LogP contribution in [0, 0.1) is 23.2 Å². The van der Waals surface area contributed by atoms with Crippen LogP contribution in [-0.4, -0.2) is 25.5 Å². The zero-order valence-corrected chi connectivity index (χ0v) is 11.3. The number of rotatable bonds is 5. The third-order valence-electron chi connectivity index (χ3n) is 3.39. The molecule has 0 radical (unpaired) electrons. The average Bonchev–Trinajstić information content (AvgIpc) is 3.28. The highest BCUT2D eigenvalue weighted by Crippen LogP contribution is 2.41. The predicted octanol–water partition coefficient (Wildman–Crippen LogP) is 1.74. The van der Waals surface area contributed by atoms with E-state index in [0.717, 1.165) is 5.69 Å². The lowest BCUT2D eigenvalue weighted by Gasteiger charge is -2.21. The van der Waals surface area contributed by atoms with E-state index in [4.69, 9.17) is 5.26 Å². The summed E-state index contributed by atoms with van der Waals surface area (Å²) < 4.78 is 4.66. The summed E-state index contributed by atoms with van der Waals surface area (Å²) >= 11 is 0. The van der Waals surface area contributed by atoms with Crippen LogP contribution in [0.5, 0.6) is 0 Å². The van der Waals surface area contributed by atoms with Crippen molar-refractivity contribution in [3.05, 3.63) is 30.3 Å². The molecule has 5 heteroatoms. The fourth-order valence-electron chi connectivity index (χ4n) is 2.22. The number of nitriles is 1. The maximum absolute atomic E-state index is 12.5. The van der Waals surface area contributed by atoms with Crippen LogP contribution < -0.4 is 4.90 Å².